The van der Waals surface area contributed by atoms with Crippen LogP contribution in [0.15, 0.2) is 52.0 Å². The molecular weight excluding hydrogens is 396 g/mol. The lowest BCUT2D eigenvalue weighted by Crippen LogP contribution is -2.44. The van der Waals surface area contributed by atoms with Crippen LogP contribution in [0.25, 0.3) is 0 Å². The lowest BCUT2D eigenvalue weighted by atomic mass is 10.3. The van der Waals surface area contributed by atoms with E-state index in [1.165, 1.54) is 36.0 Å². The monoisotopic (exact) mass is 418 g/mol. The van der Waals surface area contributed by atoms with E-state index in [1.807, 2.05) is 24.5 Å². The van der Waals surface area contributed by atoms with Gasteiger partial charge in [-0.3, -0.25) is 19.2 Å². The van der Waals surface area contributed by atoms with Gasteiger partial charge in [0.1, 0.15) is 0 Å². The summed E-state index contributed by atoms with van der Waals surface area (Å²) >= 11 is 1.50. The third-order valence-electron chi connectivity index (χ3n) is 3.78. The number of furan rings is 1. The van der Waals surface area contributed by atoms with Crippen LogP contribution >= 0.6 is 11.8 Å². The van der Waals surface area contributed by atoms with Crippen LogP contribution in [0.2, 0.25) is 0 Å². The summed E-state index contributed by atoms with van der Waals surface area (Å²) in [4.78, 5) is 49.8. The minimum atomic E-state index is -0.537. The minimum absolute atomic E-state index is 0.0858. The van der Waals surface area contributed by atoms with Crippen LogP contribution in [-0.2, 0) is 14.4 Å². The van der Waals surface area contributed by atoms with Gasteiger partial charge in [-0.2, -0.15) is 0 Å². The Labute approximate surface area is 172 Å². The number of carbonyl (C=O) groups excluding carboxylic acids is 4. The lowest BCUT2D eigenvalue weighted by molar-refractivity contribution is -0.134. The Morgan fingerprint density at radius 2 is 1.76 bits per heavy atom. The van der Waals surface area contributed by atoms with Gasteiger partial charge >= 0.3 is 0 Å². The number of hydrogen-bond acceptors (Lipinski definition) is 6. The van der Waals surface area contributed by atoms with Crippen LogP contribution in [0.4, 0.5) is 5.69 Å². The first kappa shape index (κ1) is 22.0. The van der Waals surface area contributed by atoms with Crippen molar-refractivity contribution < 1.29 is 23.6 Å². The molecule has 0 saturated carbocycles. The topological polar surface area (TPSA) is 121 Å². The molecule has 29 heavy (non-hydrogen) atoms. The molecule has 0 fully saturated rings. The number of nitrogens with zero attached hydrogens (tertiary/aromatic N) is 1. The van der Waals surface area contributed by atoms with Gasteiger partial charge in [0.25, 0.3) is 5.91 Å². The average Bonchev–Trinajstić information content (AvgIpc) is 3.25. The quantitative estimate of drug-likeness (QED) is 0.522. The van der Waals surface area contributed by atoms with Crippen LogP contribution in [0, 0.1) is 0 Å². The van der Waals surface area contributed by atoms with E-state index in [9.17, 15) is 19.2 Å². The van der Waals surface area contributed by atoms with Crippen LogP contribution in [0.5, 0.6) is 0 Å². The van der Waals surface area contributed by atoms with E-state index in [4.69, 9.17) is 4.42 Å². The van der Waals surface area contributed by atoms with E-state index >= 15 is 0 Å². The Morgan fingerprint density at radius 1 is 1.00 bits per heavy atom. The summed E-state index contributed by atoms with van der Waals surface area (Å²) in [5.41, 5.74) is 0.673. The number of anilines is 1. The third-order valence-corrected chi connectivity index (χ3v) is 4.57. The molecule has 1 aromatic carbocycles. The van der Waals surface area contributed by atoms with Gasteiger partial charge < -0.3 is 25.3 Å². The fraction of sp³-hybridized carbons (Fsp3) is 0.263. The predicted octanol–water partition coefficient (Wildman–Crippen LogP) is 0.945. The summed E-state index contributed by atoms with van der Waals surface area (Å²) in [5.74, 6) is -1.77. The van der Waals surface area contributed by atoms with Crippen LogP contribution in [-0.4, -0.2) is 61.5 Å². The van der Waals surface area contributed by atoms with E-state index in [-0.39, 0.29) is 31.3 Å². The molecule has 2 aromatic rings. The van der Waals surface area contributed by atoms with Crippen molar-refractivity contribution in [3.05, 3.63) is 48.4 Å². The molecule has 0 aliphatic heterocycles. The van der Waals surface area contributed by atoms with Gasteiger partial charge in [-0.15, -0.1) is 11.8 Å². The molecule has 4 amide bonds. The largest absolute Gasteiger partial charge is 0.459 e. The van der Waals surface area contributed by atoms with Crippen LogP contribution < -0.4 is 16.0 Å². The maximum Gasteiger partial charge on any atom is 0.287 e. The Bertz CT molecular complexity index is 869. The van der Waals surface area contributed by atoms with Crippen molar-refractivity contribution >= 4 is 41.1 Å². The summed E-state index contributed by atoms with van der Waals surface area (Å²) in [6.07, 6.45) is 3.25. The number of likely N-dealkylation sites (N-methyl/N-ethyl adjacent to an activating group) is 1. The first-order valence-corrected chi connectivity index (χ1v) is 9.88. The molecule has 1 heterocycles. The summed E-state index contributed by atoms with van der Waals surface area (Å²) in [5, 5.41) is 7.53. The summed E-state index contributed by atoms with van der Waals surface area (Å²) < 4.78 is 4.91. The van der Waals surface area contributed by atoms with Crippen molar-refractivity contribution in [2.45, 2.75) is 4.90 Å². The maximum atomic E-state index is 12.2. The van der Waals surface area contributed by atoms with Crippen LogP contribution in [0.1, 0.15) is 10.6 Å². The zero-order valence-electron chi connectivity index (χ0n) is 16.1. The molecular formula is C19H22N4O5S. The molecule has 10 heteroatoms. The smallest absolute Gasteiger partial charge is 0.287 e. The maximum absolute atomic E-state index is 12.2. The fourth-order valence-electron chi connectivity index (χ4n) is 2.27. The molecule has 0 saturated heterocycles. The van der Waals surface area contributed by atoms with Crippen molar-refractivity contribution in [2.75, 3.05) is 38.3 Å². The van der Waals surface area contributed by atoms with Gasteiger partial charge in [0.05, 0.1) is 31.6 Å². The second kappa shape index (κ2) is 10.9. The van der Waals surface area contributed by atoms with Gasteiger partial charge in [-0.05, 0) is 30.5 Å². The number of thioether (sulfide) groups is 1. The zero-order chi connectivity index (χ0) is 21.2. The third kappa shape index (κ3) is 7.00. The first-order chi connectivity index (χ1) is 13.9. The molecule has 0 aliphatic rings. The molecule has 0 unspecified atom stereocenters. The highest BCUT2D eigenvalue weighted by molar-refractivity contribution is 7.98. The minimum Gasteiger partial charge on any atom is -0.459 e. The number of nitrogens with one attached hydrogen (secondary N) is 3. The van der Waals surface area contributed by atoms with Crippen molar-refractivity contribution in [3.8, 4) is 0 Å². The highest BCUT2D eigenvalue weighted by Crippen LogP contribution is 2.24. The molecule has 154 valence electrons. The van der Waals surface area contributed by atoms with Gasteiger partial charge in [0.2, 0.25) is 17.7 Å². The van der Waals surface area contributed by atoms with E-state index in [0.717, 1.165) is 4.90 Å². The van der Waals surface area contributed by atoms with E-state index in [2.05, 4.69) is 16.0 Å². The van der Waals surface area contributed by atoms with Gasteiger partial charge in [-0.25, -0.2) is 0 Å². The van der Waals surface area contributed by atoms with E-state index in [0.29, 0.717) is 5.69 Å². The zero-order valence-corrected chi connectivity index (χ0v) is 16.9. The molecule has 0 radical (unpaired) electrons. The number of hydrogen-bond donors (Lipinski definition) is 3. The van der Waals surface area contributed by atoms with E-state index < -0.39 is 17.7 Å². The van der Waals surface area contributed by atoms with E-state index in [1.54, 1.807) is 12.1 Å². The van der Waals surface area contributed by atoms with Crippen molar-refractivity contribution in [2.24, 2.45) is 0 Å². The molecule has 0 bridgehead atoms. The van der Waals surface area contributed by atoms with Crippen molar-refractivity contribution in [3.63, 3.8) is 0 Å². The number of rotatable bonds is 9. The molecule has 2 rings (SSSR count). The Hall–Kier alpha value is -3.27. The summed E-state index contributed by atoms with van der Waals surface area (Å²) in [6, 6.07) is 10.4. The average molecular weight is 418 g/mol. The second-order valence-corrected chi connectivity index (χ2v) is 6.78. The van der Waals surface area contributed by atoms with Crippen LogP contribution in [0.3, 0.4) is 0 Å². The number of carbonyl (C=O) groups is 4. The molecule has 0 aliphatic carbocycles. The standard InChI is InChI=1S/C19H22N4O5S/c1-23(12-17(25)22-13-6-3-4-8-15(13)29-2)18(26)11-20-16(24)10-21-19(27)14-7-5-9-28-14/h3-9H,10-12H2,1-2H3,(H,20,24)(H,21,27)(H,22,25). The van der Waals surface area contributed by atoms with Gasteiger partial charge in [-0.1, -0.05) is 12.1 Å². The Morgan fingerprint density at radius 3 is 2.45 bits per heavy atom. The lowest BCUT2D eigenvalue weighted by Gasteiger charge is -2.18. The summed E-state index contributed by atoms with van der Waals surface area (Å²) in [7, 11) is 1.47. The second-order valence-electron chi connectivity index (χ2n) is 5.93. The SMILES string of the molecule is CSc1ccccc1NC(=O)CN(C)C(=O)CNC(=O)CNC(=O)c1ccco1. The number of benzene rings is 1. The fourth-order valence-corrected chi connectivity index (χ4v) is 2.82. The first-order valence-electron chi connectivity index (χ1n) is 8.66. The van der Waals surface area contributed by atoms with Gasteiger partial charge in [0, 0.05) is 11.9 Å². The Kier molecular flexibility index (Phi) is 8.28. The number of para-hydroxylation sites is 1. The normalized spacial score (nSPS) is 10.1. The highest BCUT2D eigenvalue weighted by Gasteiger charge is 2.16. The Balaban J connectivity index is 1.71. The molecule has 9 nitrogen and oxygen atoms in total. The molecule has 0 spiro atoms. The highest BCUT2D eigenvalue weighted by atomic mass is 32.2. The summed E-state index contributed by atoms with van der Waals surface area (Å²) in [6.45, 7) is -0.754. The van der Waals surface area contributed by atoms with Gasteiger partial charge in [0.15, 0.2) is 5.76 Å². The molecule has 0 atom stereocenters. The van der Waals surface area contributed by atoms with Crippen molar-refractivity contribution in [1.82, 2.24) is 15.5 Å². The predicted molar refractivity (Wildman–Crippen MR) is 109 cm³/mol. The number of amides is 4. The molecule has 1 aromatic heterocycles. The molecule has 3 N–H and O–H groups in total. The van der Waals surface area contributed by atoms with Crippen molar-refractivity contribution in [1.29, 1.82) is 0 Å².